The van der Waals surface area contributed by atoms with E-state index in [0.29, 0.717) is 13.1 Å². The van der Waals surface area contributed by atoms with Crippen LogP contribution >= 0.6 is 0 Å². The molecular weight excluding hydrogens is 177 g/mol. The van der Waals surface area contributed by atoms with Crippen molar-refractivity contribution in [1.82, 2.24) is 5.12 Å². The number of halogens is 1. The Bertz CT molecular complexity index is 235. The van der Waals surface area contributed by atoms with Gasteiger partial charge in [0.25, 0.3) is 0 Å². The first-order valence-corrected chi connectivity index (χ1v) is 5.27. The van der Waals surface area contributed by atoms with Gasteiger partial charge in [0, 0.05) is 6.54 Å². The molecule has 0 amide bonds. The Labute approximate surface area is 85.5 Å². The summed E-state index contributed by atoms with van der Waals surface area (Å²) in [6.45, 7) is 3.08. The number of benzene rings is 1. The second-order valence-electron chi connectivity index (χ2n) is 3.54. The van der Waals surface area contributed by atoms with E-state index in [1.807, 2.05) is 30.3 Å². The Hall–Kier alpha value is -0.890. The van der Waals surface area contributed by atoms with Gasteiger partial charge in [0.1, 0.15) is 0 Å². The third kappa shape index (κ3) is 4.38. The van der Waals surface area contributed by atoms with Crippen LogP contribution in [-0.2, 0) is 6.54 Å². The summed E-state index contributed by atoms with van der Waals surface area (Å²) >= 11 is 0. The van der Waals surface area contributed by atoms with Crippen molar-refractivity contribution in [2.75, 3.05) is 6.54 Å². The lowest BCUT2D eigenvalue weighted by atomic mass is 10.2. The Balaban J connectivity index is 2.23. The molecule has 0 unspecified atom stereocenters. The molecule has 78 valence electrons. The maximum absolute atomic E-state index is 13.2. The molecule has 14 heavy (non-hydrogen) atoms. The van der Waals surface area contributed by atoms with Crippen LogP contribution in [0.15, 0.2) is 30.3 Å². The molecule has 0 spiro atoms. The van der Waals surface area contributed by atoms with Crippen LogP contribution in [0.5, 0.6) is 0 Å². The SMILES string of the molecule is CCCCCN(F)Cc1ccccc1. The van der Waals surface area contributed by atoms with Crippen molar-refractivity contribution in [2.24, 2.45) is 0 Å². The van der Waals surface area contributed by atoms with Gasteiger partial charge in [-0.25, -0.2) is 0 Å². The zero-order valence-corrected chi connectivity index (χ0v) is 8.75. The van der Waals surface area contributed by atoms with Gasteiger partial charge in [0.2, 0.25) is 0 Å². The van der Waals surface area contributed by atoms with Crippen molar-refractivity contribution in [1.29, 1.82) is 0 Å². The minimum Gasteiger partial charge on any atom is -0.142 e. The molecule has 0 saturated carbocycles. The summed E-state index contributed by atoms with van der Waals surface area (Å²) in [5.74, 6) is 0. The highest BCUT2D eigenvalue weighted by molar-refractivity contribution is 5.13. The molecule has 0 aliphatic carbocycles. The van der Waals surface area contributed by atoms with E-state index < -0.39 is 0 Å². The molecule has 0 atom stereocenters. The van der Waals surface area contributed by atoms with E-state index in [-0.39, 0.29) is 0 Å². The Morgan fingerprint density at radius 1 is 1.14 bits per heavy atom. The molecule has 0 fully saturated rings. The van der Waals surface area contributed by atoms with Crippen molar-refractivity contribution in [3.63, 3.8) is 0 Å². The Morgan fingerprint density at radius 3 is 2.50 bits per heavy atom. The average Bonchev–Trinajstić information content (AvgIpc) is 2.20. The van der Waals surface area contributed by atoms with Crippen LogP contribution in [0.4, 0.5) is 4.48 Å². The summed E-state index contributed by atoms with van der Waals surface area (Å²) in [4.78, 5) is 0. The third-order valence-corrected chi connectivity index (χ3v) is 2.20. The lowest BCUT2D eigenvalue weighted by Gasteiger charge is -2.11. The van der Waals surface area contributed by atoms with Gasteiger partial charge in [0.05, 0.1) is 6.54 Å². The molecule has 0 aliphatic heterocycles. The van der Waals surface area contributed by atoms with Crippen LogP contribution < -0.4 is 0 Å². The fourth-order valence-corrected chi connectivity index (χ4v) is 1.39. The van der Waals surface area contributed by atoms with Crippen LogP contribution in [0.1, 0.15) is 31.7 Å². The van der Waals surface area contributed by atoms with Gasteiger partial charge in [-0.05, 0) is 12.0 Å². The van der Waals surface area contributed by atoms with Crippen LogP contribution in [0.2, 0.25) is 0 Å². The molecule has 0 aliphatic rings. The maximum Gasteiger partial charge on any atom is 0.0540 e. The molecule has 1 nitrogen and oxygen atoms in total. The number of hydrogen-bond acceptors (Lipinski definition) is 1. The van der Waals surface area contributed by atoms with E-state index in [4.69, 9.17) is 0 Å². The molecule has 0 aromatic heterocycles. The molecule has 0 heterocycles. The van der Waals surface area contributed by atoms with Crippen LogP contribution in [0.25, 0.3) is 0 Å². The summed E-state index contributed by atoms with van der Waals surface area (Å²) in [6.07, 6.45) is 3.19. The molecule has 0 radical (unpaired) electrons. The predicted octanol–water partition coefficient (Wildman–Crippen LogP) is 3.56. The Kier molecular flexibility index (Phi) is 5.23. The number of unbranched alkanes of at least 4 members (excludes halogenated alkanes) is 2. The monoisotopic (exact) mass is 195 g/mol. The van der Waals surface area contributed by atoms with Crippen molar-refractivity contribution in [3.8, 4) is 0 Å². The smallest absolute Gasteiger partial charge is 0.0540 e. The number of rotatable bonds is 6. The van der Waals surface area contributed by atoms with Crippen LogP contribution in [0.3, 0.4) is 0 Å². The summed E-state index contributed by atoms with van der Waals surface area (Å²) in [7, 11) is 0. The zero-order valence-electron chi connectivity index (χ0n) is 8.75. The predicted molar refractivity (Wildman–Crippen MR) is 57.5 cm³/mol. The highest BCUT2D eigenvalue weighted by Gasteiger charge is 2.02. The van der Waals surface area contributed by atoms with Gasteiger partial charge in [0.15, 0.2) is 0 Å². The first-order valence-electron chi connectivity index (χ1n) is 5.27. The van der Waals surface area contributed by atoms with Gasteiger partial charge in [-0.1, -0.05) is 50.1 Å². The molecule has 0 saturated heterocycles. The average molecular weight is 195 g/mol. The molecule has 1 aromatic rings. The second-order valence-corrected chi connectivity index (χ2v) is 3.54. The normalized spacial score (nSPS) is 10.8. The first kappa shape index (κ1) is 11.2. The van der Waals surface area contributed by atoms with Crippen molar-refractivity contribution >= 4 is 0 Å². The topological polar surface area (TPSA) is 3.24 Å². The summed E-state index contributed by atoms with van der Waals surface area (Å²) in [5, 5.41) is 0.894. The van der Waals surface area contributed by atoms with Gasteiger partial charge in [-0.15, -0.1) is 9.60 Å². The molecule has 1 rings (SSSR count). The minimum atomic E-state index is 0.407. The maximum atomic E-state index is 13.2. The van der Waals surface area contributed by atoms with Gasteiger partial charge in [-0.3, -0.25) is 0 Å². The first-order chi connectivity index (χ1) is 6.83. The van der Waals surface area contributed by atoms with Gasteiger partial charge in [-0.2, -0.15) is 0 Å². The molecule has 0 bridgehead atoms. The third-order valence-electron chi connectivity index (χ3n) is 2.20. The van der Waals surface area contributed by atoms with Gasteiger partial charge >= 0.3 is 0 Å². The van der Waals surface area contributed by atoms with E-state index in [2.05, 4.69) is 6.92 Å². The largest absolute Gasteiger partial charge is 0.142 e. The quantitative estimate of drug-likeness (QED) is 0.495. The zero-order chi connectivity index (χ0) is 10.2. The Morgan fingerprint density at radius 2 is 1.86 bits per heavy atom. The number of hydrogen-bond donors (Lipinski definition) is 0. The molecule has 0 N–H and O–H groups in total. The second kappa shape index (κ2) is 6.55. The van der Waals surface area contributed by atoms with E-state index in [1.54, 1.807) is 0 Å². The van der Waals surface area contributed by atoms with E-state index in [1.165, 1.54) is 0 Å². The highest BCUT2D eigenvalue weighted by Crippen LogP contribution is 2.06. The molecule has 1 aromatic carbocycles. The molecular formula is C12H18FN. The lowest BCUT2D eigenvalue weighted by molar-refractivity contribution is 0.0142. The van der Waals surface area contributed by atoms with E-state index in [0.717, 1.165) is 29.9 Å². The summed E-state index contributed by atoms with van der Waals surface area (Å²) < 4.78 is 13.2. The van der Waals surface area contributed by atoms with E-state index >= 15 is 0 Å². The summed E-state index contributed by atoms with van der Waals surface area (Å²) in [5.41, 5.74) is 1.03. The highest BCUT2D eigenvalue weighted by atomic mass is 19.2. The van der Waals surface area contributed by atoms with Crippen LogP contribution in [-0.4, -0.2) is 11.7 Å². The summed E-state index contributed by atoms with van der Waals surface area (Å²) in [6, 6.07) is 9.73. The fraction of sp³-hybridized carbons (Fsp3) is 0.500. The van der Waals surface area contributed by atoms with Crippen LogP contribution in [0, 0.1) is 0 Å². The minimum absolute atomic E-state index is 0.407. The van der Waals surface area contributed by atoms with Crippen molar-refractivity contribution in [2.45, 2.75) is 32.7 Å². The molecule has 2 heteroatoms. The fourth-order valence-electron chi connectivity index (χ4n) is 1.39. The lowest BCUT2D eigenvalue weighted by Crippen LogP contribution is -2.14. The van der Waals surface area contributed by atoms with Crippen molar-refractivity contribution in [3.05, 3.63) is 35.9 Å². The van der Waals surface area contributed by atoms with Gasteiger partial charge < -0.3 is 0 Å². The number of nitrogens with zero attached hydrogens (tertiary/aromatic N) is 1. The van der Waals surface area contributed by atoms with E-state index in [9.17, 15) is 4.48 Å². The van der Waals surface area contributed by atoms with Crippen molar-refractivity contribution < 1.29 is 4.48 Å². The standard InChI is InChI=1S/C12H18FN/c1-2-3-7-10-14(13)11-12-8-5-4-6-9-12/h4-6,8-9H,2-3,7,10-11H2,1H3.